The third kappa shape index (κ3) is 6.59. The minimum absolute atomic E-state index is 0.0385. The van der Waals surface area contributed by atoms with Crippen LogP contribution in [0.2, 0.25) is 5.02 Å². The molecule has 0 unspecified atom stereocenters. The van der Waals surface area contributed by atoms with Gasteiger partial charge < -0.3 is 20.1 Å². The van der Waals surface area contributed by atoms with Crippen LogP contribution in [0.1, 0.15) is 13.3 Å². The van der Waals surface area contributed by atoms with Crippen LogP contribution in [0.5, 0.6) is 5.75 Å². The summed E-state index contributed by atoms with van der Waals surface area (Å²) in [5.41, 5.74) is 0.528. The van der Waals surface area contributed by atoms with Crippen LogP contribution in [0.25, 0.3) is 0 Å². The molecule has 0 fully saturated rings. The Balaban J connectivity index is 2.63. The summed E-state index contributed by atoms with van der Waals surface area (Å²) in [6, 6.07) is 6.88. The number of hydrogen-bond acceptors (Lipinski definition) is 5. The second kappa shape index (κ2) is 10.5. The average molecular weight is 338 g/mol. The second-order valence-electron chi connectivity index (χ2n) is 4.47. The van der Waals surface area contributed by atoms with E-state index < -0.39 is 5.91 Å². The number of rotatable bonds is 9. The highest BCUT2D eigenvalue weighted by atomic mass is 35.5. The van der Waals surface area contributed by atoms with Crippen molar-refractivity contribution in [3.63, 3.8) is 0 Å². The molecule has 0 saturated carbocycles. The molecule has 1 aromatic rings. The van der Waals surface area contributed by atoms with E-state index in [1.807, 2.05) is 13.0 Å². The predicted molar refractivity (Wildman–Crippen MR) is 89.4 cm³/mol. The predicted octanol–water partition coefficient (Wildman–Crippen LogP) is 2.71. The molecule has 7 heteroatoms. The molecule has 23 heavy (non-hydrogen) atoms. The van der Waals surface area contributed by atoms with Crippen LogP contribution in [0.3, 0.4) is 0 Å². The van der Waals surface area contributed by atoms with E-state index in [-0.39, 0.29) is 5.57 Å². The Morgan fingerprint density at radius 3 is 2.91 bits per heavy atom. The van der Waals surface area contributed by atoms with Gasteiger partial charge in [-0.3, -0.25) is 4.79 Å². The van der Waals surface area contributed by atoms with Crippen LogP contribution in [-0.2, 0) is 9.53 Å². The number of carbonyl (C=O) groups excluding carboxylic acids is 1. The van der Waals surface area contributed by atoms with Crippen LogP contribution >= 0.6 is 11.6 Å². The third-order valence-electron chi connectivity index (χ3n) is 2.85. The molecule has 0 aliphatic rings. The number of halogens is 1. The fourth-order valence-electron chi connectivity index (χ4n) is 1.71. The largest absolute Gasteiger partial charge is 0.495 e. The summed E-state index contributed by atoms with van der Waals surface area (Å²) in [6.07, 6.45) is 2.01. The molecule has 0 aliphatic heterocycles. The number of nitrogens with zero attached hydrogens (tertiary/aromatic N) is 1. The zero-order valence-corrected chi connectivity index (χ0v) is 13.9. The van der Waals surface area contributed by atoms with E-state index >= 15 is 0 Å². The van der Waals surface area contributed by atoms with Gasteiger partial charge in [0.1, 0.15) is 17.4 Å². The molecule has 0 spiro atoms. The molecule has 0 aliphatic carbocycles. The molecule has 0 heterocycles. The molecule has 0 aromatic heterocycles. The maximum absolute atomic E-state index is 11.9. The van der Waals surface area contributed by atoms with Crippen molar-refractivity contribution in [2.24, 2.45) is 0 Å². The third-order valence-corrected chi connectivity index (χ3v) is 3.09. The lowest BCUT2D eigenvalue weighted by molar-refractivity contribution is -0.117. The minimum Gasteiger partial charge on any atom is -0.495 e. The van der Waals surface area contributed by atoms with Gasteiger partial charge in [-0.1, -0.05) is 11.6 Å². The molecule has 2 N–H and O–H groups in total. The summed E-state index contributed by atoms with van der Waals surface area (Å²) < 4.78 is 10.4. The highest BCUT2D eigenvalue weighted by molar-refractivity contribution is 6.30. The van der Waals surface area contributed by atoms with Crippen LogP contribution in [-0.4, -0.2) is 32.8 Å². The highest BCUT2D eigenvalue weighted by Gasteiger charge is 2.09. The van der Waals surface area contributed by atoms with E-state index in [9.17, 15) is 4.79 Å². The highest BCUT2D eigenvalue weighted by Crippen LogP contribution is 2.27. The van der Waals surface area contributed by atoms with Crippen molar-refractivity contribution in [3.8, 4) is 11.8 Å². The SMILES string of the molecule is CCOCCCNC(=O)/C(C#N)=C\Nc1cc(Cl)ccc1OC. The standard InChI is InChI=1S/C16H20ClN3O3/c1-3-23-8-4-7-19-16(21)12(10-18)11-20-14-9-13(17)5-6-15(14)22-2/h5-6,9,11,20H,3-4,7-8H2,1-2H3,(H,19,21)/b12-11-. The number of nitrogens with one attached hydrogen (secondary N) is 2. The van der Waals surface area contributed by atoms with E-state index in [1.165, 1.54) is 13.3 Å². The molecular formula is C16H20ClN3O3. The van der Waals surface area contributed by atoms with Gasteiger partial charge in [0.05, 0.1) is 12.8 Å². The smallest absolute Gasteiger partial charge is 0.263 e. The van der Waals surface area contributed by atoms with Gasteiger partial charge in [-0.2, -0.15) is 5.26 Å². The van der Waals surface area contributed by atoms with Gasteiger partial charge in [-0.05, 0) is 31.5 Å². The number of nitriles is 1. The molecule has 1 aromatic carbocycles. The molecule has 1 amide bonds. The maximum atomic E-state index is 11.9. The van der Waals surface area contributed by atoms with Gasteiger partial charge in [0.2, 0.25) is 0 Å². The average Bonchev–Trinajstić information content (AvgIpc) is 2.55. The maximum Gasteiger partial charge on any atom is 0.263 e. The van der Waals surface area contributed by atoms with Crippen molar-refractivity contribution >= 4 is 23.2 Å². The number of ether oxygens (including phenoxy) is 2. The fraction of sp³-hybridized carbons (Fsp3) is 0.375. The van der Waals surface area contributed by atoms with Crippen molar-refractivity contribution in [2.45, 2.75) is 13.3 Å². The topological polar surface area (TPSA) is 83.4 Å². The van der Waals surface area contributed by atoms with Crippen molar-refractivity contribution in [3.05, 3.63) is 35.0 Å². The molecule has 0 bridgehead atoms. The molecule has 0 radical (unpaired) electrons. The number of amides is 1. The lowest BCUT2D eigenvalue weighted by atomic mass is 10.2. The van der Waals surface area contributed by atoms with Gasteiger partial charge in [-0.25, -0.2) is 0 Å². The van der Waals surface area contributed by atoms with E-state index in [2.05, 4.69) is 10.6 Å². The monoisotopic (exact) mass is 337 g/mol. The van der Waals surface area contributed by atoms with E-state index in [4.69, 9.17) is 26.3 Å². The van der Waals surface area contributed by atoms with Crippen molar-refractivity contribution < 1.29 is 14.3 Å². The number of anilines is 1. The lowest BCUT2D eigenvalue weighted by Crippen LogP contribution is -2.26. The Bertz CT molecular complexity index is 597. The Morgan fingerprint density at radius 2 is 2.26 bits per heavy atom. The van der Waals surface area contributed by atoms with E-state index in [0.717, 1.165) is 0 Å². The number of carbonyl (C=O) groups is 1. The summed E-state index contributed by atoms with van der Waals surface area (Å²) >= 11 is 5.92. The van der Waals surface area contributed by atoms with Crippen LogP contribution < -0.4 is 15.4 Å². The molecule has 0 saturated heterocycles. The van der Waals surface area contributed by atoms with Crippen molar-refractivity contribution in [1.82, 2.24) is 5.32 Å². The zero-order chi connectivity index (χ0) is 17.1. The molecular weight excluding hydrogens is 318 g/mol. The molecule has 124 valence electrons. The van der Waals surface area contributed by atoms with Gasteiger partial charge >= 0.3 is 0 Å². The summed E-state index contributed by atoms with van der Waals surface area (Å²) in [4.78, 5) is 11.9. The summed E-state index contributed by atoms with van der Waals surface area (Å²) in [6.45, 7) is 3.56. The summed E-state index contributed by atoms with van der Waals surface area (Å²) in [5.74, 6) is 0.109. The van der Waals surface area contributed by atoms with Gasteiger partial charge in [-0.15, -0.1) is 0 Å². The summed E-state index contributed by atoms with van der Waals surface area (Å²) in [5, 5.41) is 15.1. The first kappa shape index (κ1) is 18.8. The normalized spacial score (nSPS) is 10.8. The van der Waals surface area contributed by atoms with Gasteiger partial charge in [0, 0.05) is 31.0 Å². The Morgan fingerprint density at radius 1 is 1.48 bits per heavy atom. The fourth-order valence-corrected chi connectivity index (χ4v) is 1.88. The van der Waals surface area contributed by atoms with Crippen LogP contribution in [0.4, 0.5) is 5.69 Å². The Kier molecular flexibility index (Phi) is 8.58. The van der Waals surface area contributed by atoms with Gasteiger partial charge in [0.15, 0.2) is 0 Å². The number of benzene rings is 1. The first-order valence-electron chi connectivity index (χ1n) is 7.18. The van der Waals surface area contributed by atoms with Crippen molar-refractivity contribution in [2.75, 3.05) is 32.2 Å². The van der Waals surface area contributed by atoms with Crippen molar-refractivity contribution in [1.29, 1.82) is 5.26 Å². The first-order valence-corrected chi connectivity index (χ1v) is 7.56. The molecule has 0 atom stereocenters. The van der Waals surface area contributed by atoms with E-state index in [0.29, 0.717) is 42.6 Å². The molecule has 1 rings (SSSR count). The first-order chi connectivity index (χ1) is 11.1. The number of methoxy groups -OCH3 is 1. The Labute approximate surface area is 141 Å². The Hall–Kier alpha value is -2.23. The van der Waals surface area contributed by atoms with Gasteiger partial charge in [0.25, 0.3) is 5.91 Å². The summed E-state index contributed by atoms with van der Waals surface area (Å²) in [7, 11) is 1.52. The molecule has 6 nitrogen and oxygen atoms in total. The van der Waals surface area contributed by atoms with Crippen LogP contribution in [0.15, 0.2) is 30.0 Å². The minimum atomic E-state index is -0.447. The second-order valence-corrected chi connectivity index (χ2v) is 4.90. The quantitative estimate of drug-likeness (QED) is 0.411. The lowest BCUT2D eigenvalue weighted by Gasteiger charge is -2.09. The zero-order valence-electron chi connectivity index (χ0n) is 13.2. The van der Waals surface area contributed by atoms with Crippen LogP contribution in [0, 0.1) is 11.3 Å². The number of hydrogen-bond donors (Lipinski definition) is 2. The van der Waals surface area contributed by atoms with E-state index in [1.54, 1.807) is 18.2 Å².